The molecule has 3 fully saturated rings. The van der Waals surface area contributed by atoms with E-state index >= 15 is 0 Å². The second-order valence-electron chi connectivity index (χ2n) is 6.57. The quantitative estimate of drug-likeness (QED) is 0.765. The topological polar surface area (TPSA) is 71.1 Å². The summed E-state index contributed by atoms with van der Waals surface area (Å²) in [4.78, 5) is 28.9. The standard InChI is InChI=1S/C16H27N3O4/c1-22-16(4-6-17-7-5-16)15(21)19-10-8-18(9-11-19)14(20)13-3-2-12-23-13/h13,17H,2-12H2,1H3. The minimum atomic E-state index is -0.688. The van der Waals surface area contributed by atoms with Crippen molar-refractivity contribution < 1.29 is 19.1 Å². The van der Waals surface area contributed by atoms with Crippen LogP contribution in [0.3, 0.4) is 0 Å². The van der Waals surface area contributed by atoms with Crippen LogP contribution in [0.15, 0.2) is 0 Å². The van der Waals surface area contributed by atoms with E-state index in [4.69, 9.17) is 9.47 Å². The second-order valence-corrected chi connectivity index (χ2v) is 6.57. The van der Waals surface area contributed by atoms with Crippen LogP contribution in [0.4, 0.5) is 0 Å². The Morgan fingerprint density at radius 3 is 2.35 bits per heavy atom. The SMILES string of the molecule is COC1(C(=O)N2CCN(C(=O)C3CCCO3)CC2)CCNCC1. The van der Waals surface area contributed by atoms with Crippen LogP contribution in [0, 0.1) is 0 Å². The van der Waals surface area contributed by atoms with Crippen LogP contribution < -0.4 is 5.32 Å². The highest BCUT2D eigenvalue weighted by Gasteiger charge is 2.43. The molecule has 0 bridgehead atoms. The lowest BCUT2D eigenvalue weighted by Gasteiger charge is -2.42. The highest BCUT2D eigenvalue weighted by molar-refractivity contribution is 5.86. The van der Waals surface area contributed by atoms with Crippen molar-refractivity contribution in [2.45, 2.75) is 37.4 Å². The van der Waals surface area contributed by atoms with Gasteiger partial charge in [0.05, 0.1) is 0 Å². The number of piperidine rings is 1. The number of amides is 2. The molecular weight excluding hydrogens is 298 g/mol. The Balaban J connectivity index is 1.55. The molecule has 7 heteroatoms. The number of rotatable bonds is 3. The minimum Gasteiger partial charge on any atom is -0.368 e. The predicted molar refractivity (Wildman–Crippen MR) is 84.0 cm³/mol. The van der Waals surface area contributed by atoms with Crippen molar-refractivity contribution >= 4 is 11.8 Å². The highest BCUT2D eigenvalue weighted by Crippen LogP contribution is 2.26. The fourth-order valence-electron chi connectivity index (χ4n) is 3.73. The third-order valence-corrected chi connectivity index (χ3v) is 5.28. The highest BCUT2D eigenvalue weighted by atomic mass is 16.5. The van der Waals surface area contributed by atoms with Gasteiger partial charge in [0.2, 0.25) is 0 Å². The van der Waals surface area contributed by atoms with Gasteiger partial charge in [-0.15, -0.1) is 0 Å². The molecule has 130 valence electrons. The molecule has 3 aliphatic rings. The van der Waals surface area contributed by atoms with Crippen molar-refractivity contribution in [2.75, 3.05) is 53.0 Å². The van der Waals surface area contributed by atoms with Gasteiger partial charge in [0, 0.05) is 39.9 Å². The third kappa shape index (κ3) is 3.36. The van der Waals surface area contributed by atoms with Gasteiger partial charge < -0.3 is 24.6 Å². The van der Waals surface area contributed by atoms with Crippen molar-refractivity contribution in [1.29, 1.82) is 0 Å². The van der Waals surface area contributed by atoms with E-state index in [1.54, 1.807) is 7.11 Å². The number of piperazine rings is 1. The van der Waals surface area contributed by atoms with Crippen molar-refractivity contribution in [3.63, 3.8) is 0 Å². The van der Waals surface area contributed by atoms with Gasteiger partial charge in [-0.1, -0.05) is 0 Å². The smallest absolute Gasteiger partial charge is 0.255 e. The summed E-state index contributed by atoms with van der Waals surface area (Å²) >= 11 is 0. The fourth-order valence-corrected chi connectivity index (χ4v) is 3.73. The molecular formula is C16H27N3O4. The lowest BCUT2D eigenvalue weighted by atomic mass is 9.90. The van der Waals surface area contributed by atoms with E-state index in [0.29, 0.717) is 45.6 Å². The number of methoxy groups -OCH3 is 1. The van der Waals surface area contributed by atoms with Crippen LogP contribution in [-0.4, -0.2) is 86.3 Å². The number of nitrogens with zero attached hydrogens (tertiary/aromatic N) is 2. The first-order chi connectivity index (χ1) is 11.2. The van der Waals surface area contributed by atoms with Crippen molar-refractivity contribution in [3.05, 3.63) is 0 Å². The molecule has 0 saturated carbocycles. The number of nitrogens with one attached hydrogen (secondary N) is 1. The fraction of sp³-hybridized carbons (Fsp3) is 0.875. The predicted octanol–water partition coefficient (Wildman–Crippen LogP) is -0.395. The van der Waals surface area contributed by atoms with Crippen LogP contribution in [0.5, 0.6) is 0 Å². The number of hydrogen-bond acceptors (Lipinski definition) is 5. The molecule has 0 aromatic heterocycles. The Morgan fingerprint density at radius 1 is 1.13 bits per heavy atom. The first-order valence-corrected chi connectivity index (χ1v) is 8.62. The normalized spacial score (nSPS) is 28.0. The van der Waals surface area contributed by atoms with Crippen LogP contribution in [0.25, 0.3) is 0 Å². The summed E-state index contributed by atoms with van der Waals surface area (Å²) in [5, 5.41) is 3.27. The van der Waals surface area contributed by atoms with E-state index in [1.807, 2.05) is 9.80 Å². The zero-order valence-corrected chi connectivity index (χ0v) is 13.9. The molecule has 0 aliphatic carbocycles. The van der Waals surface area contributed by atoms with Crippen molar-refractivity contribution in [3.8, 4) is 0 Å². The summed E-state index contributed by atoms with van der Waals surface area (Å²) in [6, 6.07) is 0. The number of carbonyl (C=O) groups excluding carboxylic acids is 2. The van der Waals surface area contributed by atoms with E-state index in [1.165, 1.54) is 0 Å². The Hall–Kier alpha value is -1.18. The molecule has 23 heavy (non-hydrogen) atoms. The van der Waals surface area contributed by atoms with Crippen molar-refractivity contribution in [2.24, 2.45) is 0 Å². The summed E-state index contributed by atoms with van der Waals surface area (Å²) in [7, 11) is 1.63. The van der Waals surface area contributed by atoms with Crippen LogP contribution in [0.2, 0.25) is 0 Å². The van der Waals surface area contributed by atoms with Crippen LogP contribution in [0.1, 0.15) is 25.7 Å². The summed E-state index contributed by atoms with van der Waals surface area (Å²) in [6.45, 7) is 4.62. The molecule has 0 radical (unpaired) electrons. The average Bonchev–Trinajstić information content (AvgIpc) is 3.16. The molecule has 0 aromatic rings. The van der Waals surface area contributed by atoms with Gasteiger partial charge in [-0.25, -0.2) is 0 Å². The summed E-state index contributed by atoms with van der Waals surface area (Å²) < 4.78 is 11.1. The molecule has 0 spiro atoms. The van der Waals surface area contributed by atoms with E-state index in [9.17, 15) is 9.59 Å². The Kier molecular flexibility index (Phi) is 5.18. The minimum absolute atomic E-state index is 0.0747. The maximum absolute atomic E-state index is 12.9. The largest absolute Gasteiger partial charge is 0.368 e. The molecule has 2 amide bonds. The summed E-state index contributed by atoms with van der Waals surface area (Å²) in [6.07, 6.45) is 2.92. The monoisotopic (exact) mass is 325 g/mol. The van der Waals surface area contributed by atoms with Gasteiger partial charge in [-0.2, -0.15) is 0 Å². The maximum Gasteiger partial charge on any atom is 0.255 e. The zero-order valence-electron chi connectivity index (χ0n) is 13.9. The molecule has 3 heterocycles. The summed E-state index contributed by atoms with van der Waals surface area (Å²) in [5.41, 5.74) is -0.688. The van der Waals surface area contributed by atoms with E-state index in [-0.39, 0.29) is 17.9 Å². The molecule has 0 aromatic carbocycles. The average molecular weight is 325 g/mol. The molecule has 3 aliphatic heterocycles. The van der Waals surface area contributed by atoms with Gasteiger partial charge >= 0.3 is 0 Å². The molecule has 3 rings (SSSR count). The van der Waals surface area contributed by atoms with Crippen LogP contribution in [-0.2, 0) is 19.1 Å². The van der Waals surface area contributed by atoms with Crippen LogP contribution >= 0.6 is 0 Å². The Morgan fingerprint density at radius 2 is 1.78 bits per heavy atom. The summed E-state index contributed by atoms with van der Waals surface area (Å²) in [5.74, 6) is 0.156. The molecule has 1 N–H and O–H groups in total. The first-order valence-electron chi connectivity index (χ1n) is 8.62. The maximum atomic E-state index is 12.9. The lowest BCUT2D eigenvalue weighted by Crippen LogP contribution is -2.60. The van der Waals surface area contributed by atoms with Gasteiger partial charge in [-0.05, 0) is 38.8 Å². The first kappa shape index (κ1) is 16.7. The zero-order chi connectivity index (χ0) is 16.3. The lowest BCUT2D eigenvalue weighted by molar-refractivity contribution is -0.162. The van der Waals surface area contributed by atoms with Crippen molar-refractivity contribution in [1.82, 2.24) is 15.1 Å². The Bertz CT molecular complexity index is 437. The van der Waals surface area contributed by atoms with Gasteiger partial charge in [0.1, 0.15) is 11.7 Å². The molecule has 7 nitrogen and oxygen atoms in total. The number of hydrogen-bond donors (Lipinski definition) is 1. The van der Waals surface area contributed by atoms with Gasteiger partial charge in [-0.3, -0.25) is 9.59 Å². The molecule has 3 saturated heterocycles. The molecule has 1 atom stereocenters. The van der Waals surface area contributed by atoms with Gasteiger partial charge in [0.15, 0.2) is 0 Å². The van der Waals surface area contributed by atoms with Gasteiger partial charge in [0.25, 0.3) is 11.8 Å². The second kappa shape index (κ2) is 7.15. The number of carbonyl (C=O) groups is 2. The Labute approximate surface area is 137 Å². The van der Waals surface area contributed by atoms with E-state index < -0.39 is 5.60 Å². The van der Waals surface area contributed by atoms with E-state index in [2.05, 4.69) is 5.32 Å². The third-order valence-electron chi connectivity index (χ3n) is 5.28. The van der Waals surface area contributed by atoms with E-state index in [0.717, 1.165) is 25.9 Å². The number of ether oxygens (including phenoxy) is 2. The molecule has 1 unspecified atom stereocenters.